The van der Waals surface area contributed by atoms with Gasteiger partial charge in [-0.2, -0.15) is 0 Å². The third-order valence-corrected chi connectivity index (χ3v) is 5.40. The Morgan fingerprint density at radius 2 is 2.11 bits per heavy atom. The molecule has 2 atom stereocenters. The second-order valence-corrected chi connectivity index (χ2v) is 7.69. The van der Waals surface area contributed by atoms with E-state index in [0.717, 1.165) is 34.3 Å². The summed E-state index contributed by atoms with van der Waals surface area (Å²) in [7, 11) is 0. The molecule has 1 fully saturated rings. The molecule has 1 aliphatic rings. The van der Waals surface area contributed by atoms with Crippen molar-refractivity contribution in [2.75, 3.05) is 6.54 Å². The Hall–Kier alpha value is -0.0900. The van der Waals surface area contributed by atoms with Gasteiger partial charge in [-0.15, -0.1) is 0 Å². The highest BCUT2D eigenvalue weighted by Gasteiger charge is 2.50. The molecule has 1 saturated carbocycles. The maximum atomic E-state index is 10.6. The standard InChI is InChI=1S/C15H21BrClNO/c1-14(2)5-6-15(9-18,13(14)19)8-10-3-4-11(16)7-12(10)17/h3-4,7,13,19H,5-6,8-9,18H2,1-2H3. The van der Waals surface area contributed by atoms with Crippen LogP contribution in [0.15, 0.2) is 22.7 Å². The molecule has 2 rings (SSSR count). The smallest absolute Gasteiger partial charge is 0.0662 e. The number of aliphatic hydroxyl groups excluding tert-OH is 1. The van der Waals surface area contributed by atoms with Gasteiger partial charge in [0.25, 0.3) is 0 Å². The summed E-state index contributed by atoms with van der Waals surface area (Å²) >= 11 is 9.70. The molecule has 106 valence electrons. The zero-order chi connectivity index (χ0) is 14.3. The summed E-state index contributed by atoms with van der Waals surface area (Å²) in [4.78, 5) is 0. The van der Waals surface area contributed by atoms with Crippen molar-refractivity contribution < 1.29 is 5.11 Å². The van der Waals surface area contributed by atoms with Crippen LogP contribution in [0.25, 0.3) is 0 Å². The molecular weight excluding hydrogens is 326 g/mol. The molecule has 2 nitrogen and oxygen atoms in total. The fraction of sp³-hybridized carbons (Fsp3) is 0.600. The Balaban J connectivity index is 2.29. The summed E-state index contributed by atoms with van der Waals surface area (Å²) in [6, 6.07) is 5.90. The van der Waals surface area contributed by atoms with E-state index >= 15 is 0 Å². The monoisotopic (exact) mass is 345 g/mol. The third-order valence-electron chi connectivity index (χ3n) is 4.55. The molecule has 3 N–H and O–H groups in total. The maximum Gasteiger partial charge on any atom is 0.0662 e. The summed E-state index contributed by atoms with van der Waals surface area (Å²) in [5.41, 5.74) is 6.74. The third kappa shape index (κ3) is 2.85. The molecule has 2 unspecified atom stereocenters. The van der Waals surface area contributed by atoms with Crippen molar-refractivity contribution in [3.63, 3.8) is 0 Å². The van der Waals surface area contributed by atoms with Crippen molar-refractivity contribution in [3.05, 3.63) is 33.3 Å². The second-order valence-electron chi connectivity index (χ2n) is 6.37. The number of rotatable bonds is 3. The van der Waals surface area contributed by atoms with E-state index < -0.39 is 0 Å². The number of hydrogen-bond acceptors (Lipinski definition) is 2. The Kier molecular flexibility index (Phi) is 4.32. The fourth-order valence-electron chi connectivity index (χ4n) is 3.19. The van der Waals surface area contributed by atoms with E-state index in [9.17, 15) is 5.11 Å². The van der Waals surface area contributed by atoms with Crippen LogP contribution in [0.4, 0.5) is 0 Å². The topological polar surface area (TPSA) is 46.2 Å². The van der Waals surface area contributed by atoms with E-state index in [1.165, 1.54) is 0 Å². The Morgan fingerprint density at radius 3 is 2.58 bits per heavy atom. The van der Waals surface area contributed by atoms with Crippen molar-refractivity contribution in [1.82, 2.24) is 0 Å². The summed E-state index contributed by atoms with van der Waals surface area (Å²) in [5.74, 6) is 0. The largest absolute Gasteiger partial charge is 0.392 e. The Labute approximate surface area is 128 Å². The van der Waals surface area contributed by atoms with E-state index in [0.29, 0.717) is 6.54 Å². The van der Waals surface area contributed by atoms with Crippen molar-refractivity contribution in [2.24, 2.45) is 16.6 Å². The van der Waals surface area contributed by atoms with E-state index in [2.05, 4.69) is 29.8 Å². The van der Waals surface area contributed by atoms with Gasteiger partial charge in [-0.25, -0.2) is 0 Å². The Bertz CT molecular complexity index is 477. The first-order valence-corrected chi connectivity index (χ1v) is 7.80. The predicted octanol–water partition coefficient (Wildman–Crippen LogP) is 3.77. The lowest BCUT2D eigenvalue weighted by atomic mass is 9.74. The number of benzene rings is 1. The molecule has 0 bridgehead atoms. The normalized spacial score (nSPS) is 29.7. The van der Waals surface area contributed by atoms with Crippen LogP contribution in [0.3, 0.4) is 0 Å². The fourth-order valence-corrected chi connectivity index (χ4v) is 3.93. The van der Waals surface area contributed by atoms with Gasteiger partial charge < -0.3 is 10.8 Å². The minimum absolute atomic E-state index is 0.0682. The van der Waals surface area contributed by atoms with Gasteiger partial charge in [0.15, 0.2) is 0 Å². The van der Waals surface area contributed by atoms with Gasteiger partial charge in [0.2, 0.25) is 0 Å². The molecule has 4 heteroatoms. The molecular formula is C15H21BrClNO. The zero-order valence-electron chi connectivity index (χ0n) is 11.4. The van der Waals surface area contributed by atoms with Crippen LogP contribution in [0.1, 0.15) is 32.3 Å². The van der Waals surface area contributed by atoms with E-state index in [1.54, 1.807) is 0 Å². The minimum atomic E-state index is -0.385. The van der Waals surface area contributed by atoms with E-state index in [4.69, 9.17) is 17.3 Å². The molecule has 0 amide bonds. The molecule has 1 aromatic carbocycles. The number of aliphatic hydroxyl groups is 1. The minimum Gasteiger partial charge on any atom is -0.392 e. The van der Waals surface area contributed by atoms with Gasteiger partial charge in [-0.3, -0.25) is 0 Å². The summed E-state index contributed by atoms with van der Waals surface area (Å²) in [6.07, 6.45) is 2.30. The summed E-state index contributed by atoms with van der Waals surface area (Å²) in [5, 5.41) is 11.4. The molecule has 0 saturated heterocycles. The highest BCUT2D eigenvalue weighted by molar-refractivity contribution is 9.10. The van der Waals surface area contributed by atoms with Gasteiger partial charge in [0, 0.05) is 21.5 Å². The number of hydrogen-bond donors (Lipinski definition) is 2. The lowest BCUT2D eigenvalue weighted by molar-refractivity contribution is -0.00462. The molecule has 1 aliphatic carbocycles. The van der Waals surface area contributed by atoms with Crippen LogP contribution < -0.4 is 5.73 Å². The van der Waals surface area contributed by atoms with Gasteiger partial charge in [0.1, 0.15) is 0 Å². The van der Waals surface area contributed by atoms with Crippen LogP contribution in [-0.4, -0.2) is 17.8 Å². The van der Waals surface area contributed by atoms with Gasteiger partial charge in [-0.05, 0) is 42.4 Å². The van der Waals surface area contributed by atoms with E-state index in [-0.39, 0.29) is 16.9 Å². The predicted molar refractivity (Wildman–Crippen MR) is 83.4 cm³/mol. The van der Waals surface area contributed by atoms with Crippen LogP contribution in [0, 0.1) is 10.8 Å². The van der Waals surface area contributed by atoms with E-state index in [1.807, 2.05) is 18.2 Å². The van der Waals surface area contributed by atoms with Crippen molar-refractivity contribution >= 4 is 27.5 Å². The first kappa shape index (κ1) is 15.3. The second kappa shape index (κ2) is 5.36. The highest BCUT2D eigenvalue weighted by Crippen LogP contribution is 2.50. The first-order chi connectivity index (χ1) is 8.81. The molecule has 0 aliphatic heterocycles. The van der Waals surface area contributed by atoms with Crippen molar-refractivity contribution in [1.29, 1.82) is 0 Å². The SMILES string of the molecule is CC1(C)CCC(CN)(Cc2ccc(Br)cc2Cl)C1O. The molecule has 0 radical (unpaired) electrons. The number of halogens is 2. The average Bonchev–Trinajstić information content (AvgIpc) is 2.57. The molecule has 0 spiro atoms. The van der Waals surface area contributed by atoms with Crippen LogP contribution in [0.2, 0.25) is 5.02 Å². The summed E-state index contributed by atoms with van der Waals surface area (Å²) in [6.45, 7) is 4.71. The quantitative estimate of drug-likeness (QED) is 0.875. The lowest BCUT2D eigenvalue weighted by Crippen LogP contribution is -2.44. The lowest BCUT2D eigenvalue weighted by Gasteiger charge is -2.36. The first-order valence-electron chi connectivity index (χ1n) is 6.63. The highest BCUT2D eigenvalue weighted by atomic mass is 79.9. The molecule has 0 aromatic heterocycles. The zero-order valence-corrected chi connectivity index (χ0v) is 13.8. The molecule has 1 aromatic rings. The van der Waals surface area contributed by atoms with Crippen molar-refractivity contribution in [2.45, 2.75) is 39.2 Å². The van der Waals surface area contributed by atoms with Gasteiger partial charge in [0.05, 0.1) is 6.10 Å². The van der Waals surface area contributed by atoms with Crippen LogP contribution in [-0.2, 0) is 6.42 Å². The Morgan fingerprint density at radius 1 is 1.42 bits per heavy atom. The van der Waals surface area contributed by atoms with Gasteiger partial charge >= 0.3 is 0 Å². The maximum absolute atomic E-state index is 10.6. The van der Waals surface area contributed by atoms with Crippen LogP contribution in [0.5, 0.6) is 0 Å². The average molecular weight is 347 g/mol. The number of nitrogens with two attached hydrogens (primary N) is 1. The van der Waals surface area contributed by atoms with Gasteiger partial charge in [-0.1, -0.05) is 47.4 Å². The van der Waals surface area contributed by atoms with Crippen LogP contribution >= 0.6 is 27.5 Å². The van der Waals surface area contributed by atoms with Crippen molar-refractivity contribution in [3.8, 4) is 0 Å². The molecule has 19 heavy (non-hydrogen) atoms. The molecule has 0 heterocycles. The summed E-state index contributed by atoms with van der Waals surface area (Å²) < 4.78 is 0.968.